The lowest BCUT2D eigenvalue weighted by Crippen LogP contribution is -2.26. The number of nitrogens with one attached hydrogen (secondary N) is 2. The Balaban J connectivity index is 1.68. The van der Waals surface area contributed by atoms with Gasteiger partial charge >= 0.3 is 0 Å². The Morgan fingerprint density at radius 3 is 2.53 bits per heavy atom. The maximum absolute atomic E-state index is 13.8. The van der Waals surface area contributed by atoms with Crippen LogP contribution in [0.3, 0.4) is 0 Å². The van der Waals surface area contributed by atoms with Gasteiger partial charge in [0.05, 0.1) is 28.1 Å². The Morgan fingerprint density at radius 2 is 1.84 bits per heavy atom. The fraction of sp³-hybridized carbons (Fsp3) is 0.273. The predicted octanol–water partition coefficient (Wildman–Crippen LogP) is 4.53. The van der Waals surface area contributed by atoms with Crippen LogP contribution in [-0.4, -0.2) is 31.8 Å². The second kappa shape index (κ2) is 11.1. The highest BCUT2D eigenvalue weighted by molar-refractivity contribution is 8.00. The van der Waals surface area contributed by atoms with Gasteiger partial charge in [-0.1, -0.05) is 54.6 Å². The Hall–Kier alpha value is -2.91. The van der Waals surface area contributed by atoms with Crippen LogP contribution >= 0.6 is 23.4 Å². The molecule has 0 saturated heterocycles. The molecule has 0 bridgehead atoms. The molecule has 0 aliphatic rings. The van der Waals surface area contributed by atoms with Gasteiger partial charge in [0.2, 0.25) is 5.91 Å². The number of aromatic nitrogens is 3. The summed E-state index contributed by atoms with van der Waals surface area (Å²) in [5.41, 5.74) is 0.513. The number of benzene rings is 2. The third kappa shape index (κ3) is 5.66. The molecule has 0 saturated carbocycles. The number of carbonyl (C=O) groups excluding carboxylic acids is 2. The van der Waals surface area contributed by atoms with Crippen molar-refractivity contribution in [3.05, 3.63) is 70.8 Å². The second-order valence-electron chi connectivity index (χ2n) is 6.79. The summed E-state index contributed by atoms with van der Waals surface area (Å²) in [4.78, 5) is 25.1. The molecule has 1 heterocycles. The number of halogens is 2. The maximum Gasteiger partial charge on any atom is 0.254 e. The minimum Gasteiger partial charge on any atom is -0.345 e. The number of para-hydroxylation sites is 1. The van der Waals surface area contributed by atoms with Crippen molar-refractivity contribution < 1.29 is 14.0 Å². The molecular formula is C22H23ClFN5O2S. The lowest BCUT2D eigenvalue weighted by Gasteiger charge is -2.15. The molecule has 0 radical (unpaired) electrons. The molecule has 3 aromatic rings. The minimum atomic E-state index is -0.589. The number of hydrogen-bond donors (Lipinski definition) is 2. The summed E-state index contributed by atoms with van der Waals surface area (Å²) in [6.07, 6.45) is 0.566. The van der Waals surface area contributed by atoms with Crippen molar-refractivity contribution in [2.75, 3.05) is 5.32 Å². The van der Waals surface area contributed by atoms with Crippen LogP contribution in [0.2, 0.25) is 5.02 Å². The van der Waals surface area contributed by atoms with E-state index < -0.39 is 17.0 Å². The van der Waals surface area contributed by atoms with E-state index in [1.54, 1.807) is 30.3 Å². The number of rotatable bonds is 9. The topological polar surface area (TPSA) is 88.9 Å². The molecule has 1 atom stereocenters. The quantitative estimate of drug-likeness (QED) is 0.444. The SMILES string of the molecule is CCC(Sc1nnc(CNC(=O)c2ccccc2F)n1CC)C(=O)Nc1ccccc1Cl. The first-order valence-corrected chi connectivity index (χ1v) is 11.4. The van der Waals surface area contributed by atoms with E-state index in [1.807, 2.05) is 18.4 Å². The van der Waals surface area contributed by atoms with E-state index in [1.165, 1.54) is 30.0 Å². The number of amides is 2. The van der Waals surface area contributed by atoms with Crippen LogP contribution in [0.4, 0.5) is 10.1 Å². The van der Waals surface area contributed by atoms with Crippen molar-refractivity contribution in [2.24, 2.45) is 0 Å². The van der Waals surface area contributed by atoms with E-state index in [-0.39, 0.29) is 18.0 Å². The van der Waals surface area contributed by atoms with Crippen molar-refractivity contribution in [1.29, 1.82) is 0 Å². The van der Waals surface area contributed by atoms with Crippen LogP contribution in [0.1, 0.15) is 36.5 Å². The van der Waals surface area contributed by atoms with Gasteiger partial charge in [-0.15, -0.1) is 10.2 Å². The third-order valence-corrected chi connectivity index (χ3v) is 6.35. The van der Waals surface area contributed by atoms with Crippen molar-refractivity contribution in [3.63, 3.8) is 0 Å². The van der Waals surface area contributed by atoms with Gasteiger partial charge in [-0.3, -0.25) is 9.59 Å². The van der Waals surface area contributed by atoms with Crippen LogP contribution in [0, 0.1) is 5.82 Å². The van der Waals surface area contributed by atoms with E-state index in [0.29, 0.717) is 34.7 Å². The van der Waals surface area contributed by atoms with Gasteiger partial charge in [0.1, 0.15) is 5.82 Å². The molecule has 2 N–H and O–H groups in total. The zero-order valence-corrected chi connectivity index (χ0v) is 19.2. The van der Waals surface area contributed by atoms with E-state index in [4.69, 9.17) is 11.6 Å². The average Bonchev–Trinajstić information content (AvgIpc) is 3.19. The van der Waals surface area contributed by atoms with Crippen LogP contribution in [-0.2, 0) is 17.9 Å². The number of anilines is 1. The summed E-state index contributed by atoms with van der Waals surface area (Å²) in [6, 6.07) is 12.8. The predicted molar refractivity (Wildman–Crippen MR) is 123 cm³/mol. The average molecular weight is 476 g/mol. The van der Waals surface area contributed by atoms with Crippen molar-refractivity contribution in [2.45, 2.75) is 43.8 Å². The third-order valence-electron chi connectivity index (χ3n) is 4.68. The first kappa shape index (κ1) is 23.7. The molecular weight excluding hydrogens is 453 g/mol. The van der Waals surface area contributed by atoms with E-state index >= 15 is 0 Å². The molecule has 10 heteroatoms. The Bertz CT molecular complexity index is 1110. The zero-order chi connectivity index (χ0) is 23.1. The lowest BCUT2D eigenvalue weighted by molar-refractivity contribution is -0.115. The molecule has 32 heavy (non-hydrogen) atoms. The highest BCUT2D eigenvalue weighted by Crippen LogP contribution is 2.27. The standard InChI is InChI=1S/C22H23ClFN5O2S/c1-3-18(21(31)26-17-12-8-6-10-15(17)23)32-22-28-27-19(29(22)4-2)13-25-20(30)14-9-5-7-11-16(14)24/h5-12,18H,3-4,13H2,1-2H3,(H,25,30)(H,26,31). The van der Waals surface area contributed by atoms with Gasteiger partial charge in [-0.2, -0.15) is 0 Å². The first-order valence-electron chi connectivity index (χ1n) is 10.1. The fourth-order valence-corrected chi connectivity index (χ4v) is 4.20. The normalized spacial score (nSPS) is 11.8. The van der Waals surface area contributed by atoms with Gasteiger partial charge in [0.15, 0.2) is 11.0 Å². The largest absolute Gasteiger partial charge is 0.345 e. The summed E-state index contributed by atoms with van der Waals surface area (Å²) < 4.78 is 15.6. The highest BCUT2D eigenvalue weighted by Gasteiger charge is 2.23. The van der Waals surface area contributed by atoms with E-state index in [0.717, 1.165) is 0 Å². The van der Waals surface area contributed by atoms with Gasteiger partial charge in [-0.05, 0) is 37.6 Å². The summed E-state index contributed by atoms with van der Waals surface area (Å²) in [7, 11) is 0. The first-order chi connectivity index (χ1) is 15.4. The van der Waals surface area contributed by atoms with Crippen molar-refractivity contribution in [3.8, 4) is 0 Å². The van der Waals surface area contributed by atoms with Gasteiger partial charge < -0.3 is 15.2 Å². The second-order valence-corrected chi connectivity index (χ2v) is 8.37. The summed E-state index contributed by atoms with van der Waals surface area (Å²) in [5.74, 6) is -0.797. The zero-order valence-electron chi connectivity index (χ0n) is 17.6. The van der Waals surface area contributed by atoms with Crippen LogP contribution in [0.25, 0.3) is 0 Å². The highest BCUT2D eigenvalue weighted by atomic mass is 35.5. The molecule has 0 fully saturated rings. The van der Waals surface area contributed by atoms with Gasteiger partial charge in [-0.25, -0.2) is 4.39 Å². The molecule has 0 aliphatic heterocycles. The summed E-state index contributed by atoms with van der Waals surface area (Å²) in [5, 5.41) is 14.5. The molecule has 2 aromatic carbocycles. The summed E-state index contributed by atoms with van der Waals surface area (Å²) >= 11 is 7.42. The molecule has 1 aromatic heterocycles. The smallest absolute Gasteiger partial charge is 0.254 e. The maximum atomic E-state index is 13.8. The number of thioether (sulfide) groups is 1. The van der Waals surface area contributed by atoms with Crippen molar-refractivity contribution in [1.82, 2.24) is 20.1 Å². The van der Waals surface area contributed by atoms with Crippen molar-refractivity contribution >= 4 is 40.9 Å². The van der Waals surface area contributed by atoms with E-state index in [9.17, 15) is 14.0 Å². The Kier molecular flexibility index (Phi) is 8.24. The number of nitrogens with zero attached hydrogens (tertiary/aromatic N) is 3. The number of hydrogen-bond acceptors (Lipinski definition) is 5. The fourth-order valence-electron chi connectivity index (χ4n) is 2.98. The van der Waals surface area contributed by atoms with Gasteiger partial charge in [0, 0.05) is 6.54 Å². The molecule has 2 amide bonds. The Labute approximate surface area is 194 Å². The molecule has 0 spiro atoms. The number of carbonyl (C=O) groups is 2. The molecule has 168 valence electrons. The minimum absolute atomic E-state index is 0.0352. The molecule has 1 unspecified atom stereocenters. The molecule has 7 nitrogen and oxygen atoms in total. The van der Waals surface area contributed by atoms with Crippen LogP contribution in [0.5, 0.6) is 0 Å². The van der Waals surface area contributed by atoms with E-state index in [2.05, 4.69) is 20.8 Å². The molecule has 3 rings (SSSR count). The Morgan fingerprint density at radius 1 is 1.12 bits per heavy atom. The lowest BCUT2D eigenvalue weighted by atomic mass is 10.2. The molecule has 0 aliphatic carbocycles. The monoisotopic (exact) mass is 475 g/mol. The summed E-state index contributed by atoms with van der Waals surface area (Å²) in [6.45, 7) is 4.45. The van der Waals surface area contributed by atoms with Crippen LogP contribution in [0.15, 0.2) is 53.7 Å². The van der Waals surface area contributed by atoms with Crippen LogP contribution < -0.4 is 10.6 Å². The van der Waals surface area contributed by atoms with Gasteiger partial charge in [0.25, 0.3) is 5.91 Å².